The summed E-state index contributed by atoms with van der Waals surface area (Å²) >= 11 is 0. The number of aromatic carboxylic acids is 1. The molecule has 0 fully saturated rings. The zero-order valence-corrected chi connectivity index (χ0v) is 19.2. The van der Waals surface area contributed by atoms with Gasteiger partial charge < -0.3 is 5.11 Å². The fraction of sp³-hybridized carbons (Fsp3) is 0.423. The maximum absolute atomic E-state index is 14.5. The van der Waals surface area contributed by atoms with Gasteiger partial charge >= 0.3 is 11.9 Å². The number of carboxylic acids is 1. The molecule has 0 unspecified atom stereocenters. The Labute approximate surface area is 193 Å². The molecule has 0 aliphatic rings. The Morgan fingerprint density at radius 1 is 1.00 bits per heavy atom. The second kappa shape index (κ2) is 11.2. The van der Waals surface area contributed by atoms with E-state index in [-0.39, 0.29) is 12.0 Å². The lowest BCUT2D eigenvalue weighted by Crippen LogP contribution is -2.15. The lowest BCUT2D eigenvalue weighted by atomic mass is 9.98. The number of carbonyl (C=O) groups is 1. The molecule has 0 saturated carbocycles. The first-order chi connectivity index (χ1) is 15.9. The van der Waals surface area contributed by atoms with Crippen LogP contribution in [0.25, 0.3) is 11.1 Å². The van der Waals surface area contributed by atoms with Crippen molar-refractivity contribution in [3.8, 4) is 11.1 Å². The molecule has 0 aliphatic heterocycles. The van der Waals surface area contributed by atoms with Gasteiger partial charge in [-0.15, -0.1) is 5.10 Å². The minimum atomic E-state index is -3.04. The molecule has 5 nitrogen and oxygen atoms in total. The molecule has 0 amide bonds. The van der Waals surface area contributed by atoms with Crippen molar-refractivity contribution in [2.75, 3.05) is 0 Å². The largest absolute Gasteiger partial charge is 0.478 e. The predicted octanol–water partition coefficient (Wildman–Crippen LogP) is 6.71. The third-order valence-electron chi connectivity index (χ3n) is 5.65. The van der Waals surface area contributed by atoms with Crippen LogP contribution in [0.4, 0.5) is 8.78 Å². The fourth-order valence-corrected chi connectivity index (χ4v) is 3.86. The molecular weight excluding hydrogens is 424 g/mol. The Morgan fingerprint density at radius 3 is 2.39 bits per heavy atom. The van der Waals surface area contributed by atoms with Crippen LogP contribution in [0.15, 0.2) is 48.5 Å². The standard InChI is InChI=1S/C26H31F2N3O2/c1-3-5-6-9-17-31-23(29-25(30-31)26(27,28)16-4-2)18-19-12-14-20(15-13-19)21-10-7-8-11-22(21)24(32)33/h7-8,10-15H,3-6,9,16-18H2,1-2H3,(H,32,33). The molecule has 7 heteroatoms. The summed E-state index contributed by atoms with van der Waals surface area (Å²) in [7, 11) is 0. The van der Waals surface area contributed by atoms with Crippen molar-refractivity contribution in [3.63, 3.8) is 0 Å². The molecule has 1 N–H and O–H groups in total. The van der Waals surface area contributed by atoms with E-state index in [0.717, 1.165) is 36.8 Å². The normalized spacial score (nSPS) is 11.6. The first kappa shape index (κ1) is 24.6. The van der Waals surface area contributed by atoms with Gasteiger partial charge in [0.25, 0.3) is 0 Å². The molecule has 0 saturated heterocycles. The van der Waals surface area contributed by atoms with Gasteiger partial charge in [-0.2, -0.15) is 8.78 Å². The first-order valence-corrected chi connectivity index (χ1v) is 11.6. The van der Waals surface area contributed by atoms with E-state index in [1.165, 1.54) is 0 Å². The van der Waals surface area contributed by atoms with Gasteiger partial charge in [-0.05, 0) is 35.6 Å². The van der Waals surface area contributed by atoms with E-state index in [9.17, 15) is 18.7 Å². The van der Waals surface area contributed by atoms with Crippen LogP contribution in [0, 0.1) is 0 Å². The number of alkyl halides is 2. The Kier molecular flexibility index (Phi) is 8.31. The van der Waals surface area contributed by atoms with Crippen molar-refractivity contribution in [3.05, 3.63) is 71.3 Å². The molecule has 0 bridgehead atoms. The van der Waals surface area contributed by atoms with Crippen LogP contribution >= 0.6 is 0 Å². The highest BCUT2D eigenvalue weighted by Gasteiger charge is 2.36. The summed E-state index contributed by atoms with van der Waals surface area (Å²) in [5.41, 5.74) is 2.56. The van der Waals surface area contributed by atoms with Gasteiger partial charge in [0, 0.05) is 19.4 Å². The van der Waals surface area contributed by atoms with Crippen LogP contribution < -0.4 is 0 Å². The second-order valence-electron chi connectivity index (χ2n) is 8.31. The van der Waals surface area contributed by atoms with Crippen LogP contribution in [0.3, 0.4) is 0 Å². The van der Waals surface area contributed by atoms with Crippen LogP contribution in [0.5, 0.6) is 0 Å². The quantitative estimate of drug-likeness (QED) is 0.308. The number of benzene rings is 2. The smallest absolute Gasteiger partial charge is 0.336 e. The van der Waals surface area contributed by atoms with Gasteiger partial charge in [0.2, 0.25) is 5.82 Å². The monoisotopic (exact) mass is 455 g/mol. The maximum Gasteiger partial charge on any atom is 0.336 e. The Balaban J connectivity index is 1.84. The molecule has 1 heterocycles. The summed E-state index contributed by atoms with van der Waals surface area (Å²) in [5, 5.41) is 13.6. The number of aryl methyl sites for hydroxylation is 1. The van der Waals surface area contributed by atoms with Crippen molar-refractivity contribution < 1.29 is 18.7 Å². The highest BCUT2D eigenvalue weighted by Crippen LogP contribution is 2.31. The first-order valence-electron chi connectivity index (χ1n) is 11.6. The molecular formula is C26H31F2N3O2. The van der Waals surface area contributed by atoms with E-state index in [1.54, 1.807) is 35.9 Å². The summed E-state index contributed by atoms with van der Waals surface area (Å²) in [6.07, 6.45) is 4.55. The van der Waals surface area contributed by atoms with Crippen molar-refractivity contribution in [2.24, 2.45) is 0 Å². The van der Waals surface area contributed by atoms with Gasteiger partial charge in [0.05, 0.1) is 5.56 Å². The Morgan fingerprint density at radius 2 is 1.73 bits per heavy atom. The minimum Gasteiger partial charge on any atom is -0.478 e. The zero-order valence-electron chi connectivity index (χ0n) is 19.2. The fourth-order valence-electron chi connectivity index (χ4n) is 3.86. The average molecular weight is 456 g/mol. The molecule has 1 aromatic heterocycles. The Bertz CT molecular complexity index is 1060. The molecule has 2 aromatic carbocycles. The van der Waals surface area contributed by atoms with E-state index in [2.05, 4.69) is 17.0 Å². The number of halogens is 2. The predicted molar refractivity (Wildman–Crippen MR) is 125 cm³/mol. The topological polar surface area (TPSA) is 68.0 Å². The van der Waals surface area contributed by atoms with Gasteiger partial charge in [-0.3, -0.25) is 0 Å². The van der Waals surface area contributed by atoms with Crippen LogP contribution in [-0.2, 0) is 18.9 Å². The Hall–Kier alpha value is -3.09. The molecule has 176 valence electrons. The summed E-state index contributed by atoms with van der Waals surface area (Å²) < 4.78 is 30.6. The van der Waals surface area contributed by atoms with E-state index in [0.29, 0.717) is 30.8 Å². The van der Waals surface area contributed by atoms with Crippen molar-refractivity contribution >= 4 is 5.97 Å². The number of nitrogens with zero attached hydrogens (tertiary/aromatic N) is 3. The molecule has 3 rings (SSSR count). The molecule has 0 spiro atoms. The van der Waals surface area contributed by atoms with Crippen LogP contribution in [0.2, 0.25) is 0 Å². The maximum atomic E-state index is 14.5. The average Bonchev–Trinajstić information content (AvgIpc) is 3.21. The SMILES string of the molecule is CCCCCCn1nc(C(F)(F)CCC)nc1Cc1ccc(-c2ccccc2C(=O)O)cc1. The number of rotatable bonds is 12. The van der Waals surface area contributed by atoms with E-state index < -0.39 is 17.7 Å². The van der Waals surface area contributed by atoms with Crippen molar-refractivity contribution in [1.29, 1.82) is 0 Å². The van der Waals surface area contributed by atoms with E-state index >= 15 is 0 Å². The summed E-state index contributed by atoms with van der Waals surface area (Å²) in [4.78, 5) is 15.8. The van der Waals surface area contributed by atoms with Gasteiger partial charge in [-0.25, -0.2) is 14.5 Å². The molecule has 0 atom stereocenters. The highest BCUT2D eigenvalue weighted by molar-refractivity contribution is 5.95. The molecule has 33 heavy (non-hydrogen) atoms. The van der Waals surface area contributed by atoms with Crippen LogP contribution in [0.1, 0.15) is 79.9 Å². The highest BCUT2D eigenvalue weighted by atomic mass is 19.3. The third kappa shape index (κ3) is 6.24. The summed E-state index contributed by atoms with van der Waals surface area (Å²) in [6.45, 7) is 4.41. The second-order valence-corrected chi connectivity index (χ2v) is 8.31. The lowest BCUT2D eigenvalue weighted by molar-refractivity contribution is -0.0232. The van der Waals surface area contributed by atoms with Crippen molar-refractivity contribution in [1.82, 2.24) is 14.8 Å². The number of carboxylic acid groups (broad SMARTS) is 1. The lowest BCUT2D eigenvalue weighted by Gasteiger charge is -2.10. The zero-order chi connectivity index (χ0) is 23.8. The molecule has 0 aliphatic carbocycles. The van der Waals surface area contributed by atoms with Crippen molar-refractivity contribution in [2.45, 2.75) is 71.3 Å². The van der Waals surface area contributed by atoms with Gasteiger partial charge in [-0.1, -0.05) is 75.6 Å². The molecule has 0 radical (unpaired) electrons. The number of hydrogen-bond acceptors (Lipinski definition) is 3. The van der Waals surface area contributed by atoms with Gasteiger partial charge in [0.1, 0.15) is 5.82 Å². The number of aromatic nitrogens is 3. The summed E-state index contributed by atoms with van der Waals surface area (Å²) in [6, 6.07) is 14.3. The van der Waals surface area contributed by atoms with E-state index in [1.807, 2.05) is 24.3 Å². The minimum absolute atomic E-state index is 0.236. The van der Waals surface area contributed by atoms with Gasteiger partial charge in [0.15, 0.2) is 0 Å². The third-order valence-corrected chi connectivity index (χ3v) is 5.65. The molecule has 3 aromatic rings. The number of unbranched alkanes of at least 4 members (excludes halogenated alkanes) is 3. The summed E-state index contributed by atoms with van der Waals surface area (Å²) in [5.74, 6) is -3.90. The van der Waals surface area contributed by atoms with E-state index in [4.69, 9.17) is 0 Å². The van der Waals surface area contributed by atoms with Crippen LogP contribution in [-0.4, -0.2) is 25.8 Å². The number of hydrogen-bond donors (Lipinski definition) is 1.